The zero-order chi connectivity index (χ0) is 15.9. The van der Waals surface area contributed by atoms with Crippen LogP contribution in [0.2, 0.25) is 0 Å². The number of benzene rings is 1. The average Bonchev–Trinajstić information content (AvgIpc) is 2.89. The van der Waals surface area contributed by atoms with E-state index >= 15 is 0 Å². The molecule has 1 atom stereocenters. The fraction of sp³-hybridized carbons (Fsp3) is 0.333. The smallest absolute Gasteiger partial charge is 0.270 e. The van der Waals surface area contributed by atoms with E-state index in [1.807, 2.05) is 0 Å². The maximum atomic E-state index is 13.2. The number of aromatic nitrogens is 1. The molecule has 1 fully saturated rings. The fourth-order valence-corrected chi connectivity index (χ4v) is 2.58. The van der Waals surface area contributed by atoms with Crippen molar-refractivity contribution in [2.24, 2.45) is 5.73 Å². The van der Waals surface area contributed by atoms with E-state index in [9.17, 15) is 14.0 Å². The van der Waals surface area contributed by atoms with Gasteiger partial charge in [0.1, 0.15) is 11.5 Å². The zero-order valence-corrected chi connectivity index (χ0v) is 12.1. The van der Waals surface area contributed by atoms with E-state index in [4.69, 9.17) is 10.5 Å². The van der Waals surface area contributed by atoms with Crippen molar-refractivity contribution >= 4 is 22.7 Å². The van der Waals surface area contributed by atoms with E-state index < -0.39 is 11.5 Å². The van der Waals surface area contributed by atoms with Crippen LogP contribution in [-0.4, -0.2) is 47.0 Å². The van der Waals surface area contributed by atoms with E-state index in [-0.39, 0.29) is 24.9 Å². The van der Waals surface area contributed by atoms with Crippen LogP contribution in [0.5, 0.6) is 0 Å². The Morgan fingerprint density at radius 3 is 2.91 bits per heavy atom. The first kappa shape index (κ1) is 14.5. The van der Waals surface area contributed by atoms with Crippen molar-refractivity contribution < 1.29 is 18.7 Å². The van der Waals surface area contributed by atoms with Gasteiger partial charge < -0.3 is 20.4 Å². The minimum absolute atomic E-state index is 0.0882. The van der Waals surface area contributed by atoms with Gasteiger partial charge in [0.15, 0.2) is 5.60 Å². The second-order valence-corrected chi connectivity index (χ2v) is 5.58. The summed E-state index contributed by atoms with van der Waals surface area (Å²) in [5.41, 5.74) is 5.03. The van der Waals surface area contributed by atoms with Crippen LogP contribution in [-0.2, 0) is 9.53 Å². The lowest BCUT2D eigenvalue weighted by atomic mass is 10.0. The molecular weight excluding hydrogens is 289 g/mol. The number of primary amides is 1. The fourth-order valence-electron chi connectivity index (χ4n) is 2.58. The largest absolute Gasteiger partial charge is 0.367 e. The highest BCUT2D eigenvalue weighted by molar-refractivity contribution is 5.98. The molecule has 2 amide bonds. The number of carbonyl (C=O) groups excluding carboxylic acids is 2. The Labute approximate surface area is 126 Å². The molecule has 2 aromatic rings. The standard InChI is InChI=1S/C15H16FN3O3/c1-15(14(17)21)8-19(4-5-22-15)13(20)12-6-9-2-3-10(16)7-11(9)18-12/h2-3,6-7,18H,4-5,8H2,1H3,(H2,17,21)/t15-/m1/s1. The number of morpholine rings is 1. The first-order valence-corrected chi connectivity index (χ1v) is 6.90. The lowest BCUT2D eigenvalue weighted by Crippen LogP contribution is -2.58. The second kappa shape index (κ2) is 5.10. The monoisotopic (exact) mass is 305 g/mol. The normalized spacial score (nSPS) is 22.0. The summed E-state index contributed by atoms with van der Waals surface area (Å²) >= 11 is 0. The number of nitrogens with one attached hydrogen (secondary N) is 1. The lowest BCUT2D eigenvalue weighted by Gasteiger charge is -2.38. The van der Waals surface area contributed by atoms with E-state index in [0.717, 1.165) is 5.39 Å². The molecule has 0 bridgehead atoms. The number of nitrogens with two attached hydrogens (primary N) is 1. The lowest BCUT2D eigenvalue weighted by molar-refractivity contribution is -0.150. The molecule has 3 N–H and O–H groups in total. The third-order valence-electron chi connectivity index (χ3n) is 3.90. The van der Waals surface area contributed by atoms with Crippen molar-refractivity contribution in [1.82, 2.24) is 9.88 Å². The molecule has 2 heterocycles. The Balaban J connectivity index is 1.87. The van der Waals surface area contributed by atoms with Gasteiger partial charge in [0.25, 0.3) is 11.8 Å². The van der Waals surface area contributed by atoms with Gasteiger partial charge in [-0.1, -0.05) is 0 Å². The third kappa shape index (κ3) is 2.43. The highest BCUT2D eigenvalue weighted by atomic mass is 19.1. The van der Waals surface area contributed by atoms with Gasteiger partial charge in [-0.25, -0.2) is 4.39 Å². The molecule has 0 spiro atoms. The van der Waals surface area contributed by atoms with Gasteiger partial charge in [-0.15, -0.1) is 0 Å². The Morgan fingerprint density at radius 1 is 1.41 bits per heavy atom. The topological polar surface area (TPSA) is 88.4 Å². The van der Waals surface area contributed by atoms with Crippen molar-refractivity contribution in [3.05, 3.63) is 35.8 Å². The zero-order valence-electron chi connectivity index (χ0n) is 12.1. The molecule has 1 aliphatic rings. The van der Waals surface area contributed by atoms with Crippen LogP contribution < -0.4 is 5.73 Å². The Bertz CT molecular complexity index is 758. The number of fused-ring (bicyclic) bond motifs is 1. The highest BCUT2D eigenvalue weighted by Crippen LogP contribution is 2.21. The van der Waals surface area contributed by atoms with Gasteiger partial charge in [-0.3, -0.25) is 9.59 Å². The Kier molecular flexibility index (Phi) is 3.37. The number of hydrogen-bond donors (Lipinski definition) is 2. The predicted octanol–water partition coefficient (Wildman–Crippen LogP) is 1.02. The summed E-state index contributed by atoms with van der Waals surface area (Å²) < 4.78 is 18.6. The number of halogens is 1. The maximum absolute atomic E-state index is 13.2. The molecular formula is C15H16FN3O3. The van der Waals surface area contributed by atoms with Gasteiger partial charge in [-0.2, -0.15) is 0 Å². The summed E-state index contributed by atoms with van der Waals surface area (Å²) in [6.07, 6.45) is 0. The molecule has 6 nitrogen and oxygen atoms in total. The van der Waals surface area contributed by atoms with Gasteiger partial charge >= 0.3 is 0 Å². The molecule has 1 aromatic carbocycles. The van der Waals surface area contributed by atoms with Gasteiger partial charge in [0.05, 0.1) is 13.2 Å². The van der Waals surface area contributed by atoms with Crippen LogP contribution in [0.25, 0.3) is 10.9 Å². The minimum Gasteiger partial charge on any atom is -0.367 e. The van der Waals surface area contributed by atoms with Crippen molar-refractivity contribution in [1.29, 1.82) is 0 Å². The molecule has 116 valence electrons. The van der Waals surface area contributed by atoms with Crippen molar-refractivity contribution in [3.63, 3.8) is 0 Å². The number of H-pyrrole nitrogens is 1. The molecule has 3 rings (SSSR count). The van der Waals surface area contributed by atoms with Crippen LogP contribution in [0.15, 0.2) is 24.3 Å². The maximum Gasteiger partial charge on any atom is 0.270 e. The Morgan fingerprint density at radius 2 is 2.18 bits per heavy atom. The van der Waals surface area contributed by atoms with Crippen LogP contribution in [0.4, 0.5) is 4.39 Å². The van der Waals surface area contributed by atoms with Crippen LogP contribution in [0, 0.1) is 5.82 Å². The molecule has 1 aliphatic heterocycles. The predicted molar refractivity (Wildman–Crippen MR) is 77.7 cm³/mol. The number of hydrogen-bond acceptors (Lipinski definition) is 3. The summed E-state index contributed by atoms with van der Waals surface area (Å²) in [4.78, 5) is 28.4. The molecule has 1 saturated heterocycles. The molecule has 0 aliphatic carbocycles. The number of ether oxygens (including phenoxy) is 1. The average molecular weight is 305 g/mol. The molecule has 0 radical (unpaired) electrons. The quantitative estimate of drug-likeness (QED) is 0.868. The molecule has 22 heavy (non-hydrogen) atoms. The van der Waals surface area contributed by atoms with Crippen molar-refractivity contribution in [3.8, 4) is 0 Å². The van der Waals surface area contributed by atoms with Crippen molar-refractivity contribution in [2.45, 2.75) is 12.5 Å². The van der Waals surface area contributed by atoms with E-state index in [2.05, 4.69) is 4.98 Å². The number of aromatic amines is 1. The summed E-state index contributed by atoms with van der Waals surface area (Å²) in [6.45, 7) is 2.26. The first-order valence-electron chi connectivity index (χ1n) is 6.90. The third-order valence-corrected chi connectivity index (χ3v) is 3.90. The molecule has 0 unspecified atom stereocenters. The molecule has 7 heteroatoms. The van der Waals surface area contributed by atoms with E-state index in [1.54, 1.807) is 19.1 Å². The number of rotatable bonds is 2. The van der Waals surface area contributed by atoms with Crippen LogP contribution in [0.3, 0.4) is 0 Å². The SMILES string of the molecule is C[C@]1(C(N)=O)CN(C(=O)c2cc3ccc(F)cc3[nH]2)CCO1. The first-order chi connectivity index (χ1) is 10.4. The minimum atomic E-state index is -1.19. The van der Waals surface area contributed by atoms with Crippen LogP contribution in [0.1, 0.15) is 17.4 Å². The van der Waals surface area contributed by atoms with Gasteiger partial charge in [0, 0.05) is 17.4 Å². The molecule has 0 saturated carbocycles. The van der Waals surface area contributed by atoms with Crippen molar-refractivity contribution in [2.75, 3.05) is 19.7 Å². The summed E-state index contributed by atoms with van der Waals surface area (Å²) in [5.74, 6) is -1.25. The van der Waals surface area contributed by atoms with Gasteiger partial charge in [0.2, 0.25) is 0 Å². The van der Waals surface area contributed by atoms with E-state index in [0.29, 0.717) is 17.8 Å². The molecule has 1 aromatic heterocycles. The number of nitrogens with zero attached hydrogens (tertiary/aromatic N) is 1. The number of amides is 2. The van der Waals surface area contributed by atoms with E-state index in [1.165, 1.54) is 17.0 Å². The summed E-state index contributed by atoms with van der Waals surface area (Å²) in [5, 5.41) is 0.746. The highest BCUT2D eigenvalue weighted by Gasteiger charge is 2.39. The van der Waals surface area contributed by atoms with Gasteiger partial charge in [-0.05, 0) is 31.2 Å². The Hall–Kier alpha value is -2.41. The van der Waals surface area contributed by atoms with Crippen LogP contribution >= 0.6 is 0 Å². The summed E-state index contributed by atoms with van der Waals surface area (Å²) in [7, 11) is 0. The number of carbonyl (C=O) groups is 2. The second-order valence-electron chi connectivity index (χ2n) is 5.58. The summed E-state index contributed by atoms with van der Waals surface area (Å²) in [6, 6.07) is 5.93.